The van der Waals surface area contributed by atoms with Crippen molar-refractivity contribution in [2.45, 2.75) is 32.6 Å². The Labute approximate surface area is 110 Å². The maximum absolute atomic E-state index is 6.03. The van der Waals surface area contributed by atoms with E-state index in [4.69, 9.17) is 16.3 Å². The van der Waals surface area contributed by atoms with Crippen molar-refractivity contribution in [3.63, 3.8) is 0 Å². The molecule has 1 nitrogen and oxygen atoms in total. The number of halogens is 1. The fourth-order valence-corrected chi connectivity index (χ4v) is 2.23. The largest absolute Gasteiger partial charge is 0.385 e. The molecule has 0 aliphatic heterocycles. The van der Waals surface area contributed by atoms with Crippen LogP contribution in [0.3, 0.4) is 0 Å². The van der Waals surface area contributed by atoms with E-state index in [1.165, 1.54) is 24.0 Å². The van der Waals surface area contributed by atoms with Gasteiger partial charge in [-0.1, -0.05) is 36.2 Å². The third-order valence-electron chi connectivity index (χ3n) is 3.07. The lowest BCUT2D eigenvalue weighted by atomic mass is 9.95. The van der Waals surface area contributed by atoms with Gasteiger partial charge in [-0.25, -0.2) is 0 Å². The van der Waals surface area contributed by atoms with Gasteiger partial charge in [0.15, 0.2) is 0 Å². The number of alkyl halides is 1. The first-order valence-corrected chi connectivity index (χ1v) is 6.90. The number of ether oxygens (including phenoxy) is 1. The molecule has 0 aromatic heterocycles. The fraction of sp³-hybridized carbons (Fsp3) is 0.600. The van der Waals surface area contributed by atoms with Crippen molar-refractivity contribution in [1.82, 2.24) is 0 Å². The topological polar surface area (TPSA) is 9.23 Å². The van der Waals surface area contributed by atoms with E-state index in [1.54, 1.807) is 7.11 Å². The molecule has 0 radical (unpaired) electrons. The Morgan fingerprint density at radius 3 is 2.47 bits per heavy atom. The Kier molecular flexibility index (Phi) is 7.30. The van der Waals surface area contributed by atoms with Gasteiger partial charge in [0.05, 0.1) is 0 Å². The van der Waals surface area contributed by atoms with E-state index in [0.29, 0.717) is 5.92 Å². The van der Waals surface area contributed by atoms with Gasteiger partial charge in [0.2, 0.25) is 0 Å². The Balaban J connectivity index is 2.33. The van der Waals surface area contributed by atoms with Crippen LogP contribution < -0.4 is 0 Å². The molecule has 96 valence electrons. The van der Waals surface area contributed by atoms with Crippen LogP contribution in [0.5, 0.6) is 0 Å². The van der Waals surface area contributed by atoms with Crippen LogP contribution in [0.1, 0.15) is 30.4 Å². The predicted molar refractivity (Wildman–Crippen MR) is 74.8 cm³/mol. The van der Waals surface area contributed by atoms with Crippen molar-refractivity contribution in [3.05, 3.63) is 35.4 Å². The minimum absolute atomic E-state index is 0.594. The fourth-order valence-electron chi connectivity index (χ4n) is 1.97. The minimum atomic E-state index is 0.594. The number of benzene rings is 1. The van der Waals surface area contributed by atoms with Gasteiger partial charge in [0.25, 0.3) is 0 Å². The standard InChI is InChI=1S/C15H23ClO/c1-13-6-8-14(9-7-13)11-15(12-16)5-3-4-10-17-2/h6-9,15H,3-5,10-12H2,1-2H3. The van der Waals surface area contributed by atoms with E-state index in [1.807, 2.05) is 0 Å². The first-order chi connectivity index (χ1) is 8.26. The second-order valence-corrected chi connectivity index (χ2v) is 5.01. The van der Waals surface area contributed by atoms with Crippen LogP contribution in [0, 0.1) is 12.8 Å². The third-order valence-corrected chi connectivity index (χ3v) is 3.51. The molecule has 0 fully saturated rings. The Morgan fingerprint density at radius 2 is 1.88 bits per heavy atom. The molecule has 0 aliphatic carbocycles. The van der Waals surface area contributed by atoms with E-state index in [0.717, 1.165) is 25.3 Å². The zero-order chi connectivity index (χ0) is 12.5. The number of methoxy groups -OCH3 is 1. The van der Waals surface area contributed by atoms with Crippen LogP contribution in [0.15, 0.2) is 24.3 Å². The zero-order valence-corrected chi connectivity index (χ0v) is 11.7. The predicted octanol–water partition coefficient (Wildman–Crippen LogP) is 4.21. The monoisotopic (exact) mass is 254 g/mol. The van der Waals surface area contributed by atoms with E-state index >= 15 is 0 Å². The van der Waals surface area contributed by atoms with E-state index in [9.17, 15) is 0 Å². The summed E-state index contributed by atoms with van der Waals surface area (Å²) in [4.78, 5) is 0. The second-order valence-electron chi connectivity index (χ2n) is 4.70. The van der Waals surface area contributed by atoms with Gasteiger partial charge in [-0.3, -0.25) is 0 Å². The molecule has 2 heteroatoms. The Hall–Kier alpha value is -0.530. The summed E-state index contributed by atoms with van der Waals surface area (Å²) in [5.41, 5.74) is 2.71. The molecule has 0 heterocycles. The van der Waals surface area contributed by atoms with E-state index < -0.39 is 0 Å². The Morgan fingerprint density at radius 1 is 1.18 bits per heavy atom. The van der Waals surface area contributed by atoms with Crippen molar-refractivity contribution >= 4 is 11.6 Å². The second kappa shape index (κ2) is 8.54. The molecule has 1 unspecified atom stereocenters. The highest BCUT2D eigenvalue weighted by Gasteiger charge is 2.08. The first-order valence-electron chi connectivity index (χ1n) is 6.36. The SMILES string of the molecule is COCCCCC(CCl)Cc1ccc(C)cc1. The van der Waals surface area contributed by atoms with Crippen molar-refractivity contribution in [1.29, 1.82) is 0 Å². The van der Waals surface area contributed by atoms with Crippen LogP contribution in [-0.4, -0.2) is 19.6 Å². The summed E-state index contributed by atoms with van der Waals surface area (Å²) in [7, 11) is 1.76. The van der Waals surface area contributed by atoms with Crippen molar-refractivity contribution in [2.24, 2.45) is 5.92 Å². The molecule has 0 saturated heterocycles. The number of hydrogen-bond donors (Lipinski definition) is 0. The molecular weight excluding hydrogens is 232 g/mol. The van der Waals surface area contributed by atoms with Gasteiger partial charge in [0.1, 0.15) is 0 Å². The van der Waals surface area contributed by atoms with Gasteiger partial charge in [0, 0.05) is 19.6 Å². The van der Waals surface area contributed by atoms with Crippen molar-refractivity contribution < 1.29 is 4.74 Å². The molecule has 0 spiro atoms. The number of unbranched alkanes of at least 4 members (excludes halogenated alkanes) is 1. The van der Waals surface area contributed by atoms with Crippen LogP contribution in [-0.2, 0) is 11.2 Å². The van der Waals surface area contributed by atoms with Crippen molar-refractivity contribution in [3.8, 4) is 0 Å². The summed E-state index contributed by atoms with van der Waals surface area (Å²) in [5.74, 6) is 1.34. The lowest BCUT2D eigenvalue weighted by Crippen LogP contribution is -2.07. The molecule has 1 rings (SSSR count). The molecule has 0 amide bonds. The lowest BCUT2D eigenvalue weighted by molar-refractivity contribution is 0.190. The van der Waals surface area contributed by atoms with Crippen LogP contribution in [0.2, 0.25) is 0 Å². The number of hydrogen-bond acceptors (Lipinski definition) is 1. The van der Waals surface area contributed by atoms with Gasteiger partial charge in [-0.05, 0) is 37.7 Å². The summed E-state index contributed by atoms with van der Waals surface area (Å²) in [5, 5.41) is 0. The third kappa shape index (κ3) is 6.09. The minimum Gasteiger partial charge on any atom is -0.385 e. The summed E-state index contributed by atoms with van der Waals surface area (Å²) in [6.07, 6.45) is 4.63. The maximum atomic E-state index is 6.03. The molecule has 0 saturated carbocycles. The lowest BCUT2D eigenvalue weighted by Gasteiger charge is -2.13. The highest BCUT2D eigenvalue weighted by atomic mass is 35.5. The number of aryl methyl sites for hydroxylation is 1. The average molecular weight is 255 g/mol. The molecule has 1 atom stereocenters. The molecule has 0 bridgehead atoms. The zero-order valence-electron chi connectivity index (χ0n) is 10.9. The quantitative estimate of drug-likeness (QED) is 0.499. The van der Waals surface area contributed by atoms with Crippen LogP contribution >= 0.6 is 11.6 Å². The molecule has 1 aromatic carbocycles. The smallest absolute Gasteiger partial charge is 0.0462 e. The summed E-state index contributed by atoms with van der Waals surface area (Å²) >= 11 is 6.03. The normalized spacial score (nSPS) is 12.6. The average Bonchev–Trinajstić information content (AvgIpc) is 2.35. The molecule has 0 N–H and O–H groups in total. The molecular formula is C15H23ClO. The number of rotatable bonds is 8. The van der Waals surface area contributed by atoms with Crippen LogP contribution in [0.4, 0.5) is 0 Å². The summed E-state index contributed by atoms with van der Waals surface area (Å²) < 4.78 is 5.06. The van der Waals surface area contributed by atoms with Gasteiger partial charge < -0.3 is 4.74 Å². The molecule has 1 aromatic rings. The van der Waals surface area contributed by atoms with E-state index in [-0.39, 0.29) is 0 Å². The molecule has 0 aliphatic rings. The van der Waals surface area contributed by atoms with Gasteiger partial charge >= 0.3 is 0 Å². The van der Waals surface area contributed by atoms with Gasteiger partial charge in [-0.2, -0.15) is 0 Å². The highest BCUT2D eigenvalue weighted by Crippen LogP contribution is 2.17. The summed E-state index contributed by atoms with van der Waals surface area (Å²) in [6, 6.07) is 8.77. The molecule has 17 heavy (non-hydrogen) atoms. The van der Waals surface area contributed by atoms with Crippen LogP contribution in [0.25, 0.3) is 0 Å². The Bertz CT molecular complexity index is 294. The summed E-state index contributed by atoms with van der Waals surface area (Å²) in [6.45, 7) is 2.98. The first kappa shape index (κ1) is 14.5. The highest BCUT2D eigenvalue weighted by molar-refractivity contribution is 6.18. The van der Waals surface area contributed by atoms with Gasteiger partial charge in [-0.15, -0.1) is 11.6 Å². The van der Waals surface area contributed by atoms with Crippen molar-refractivity contribution in [2.75, 3.05) is 19.6 Å². The maximum Gasteiger partial charge on any atom is 0.0462 e. The van der Waals surface area contributed by atoms with E-state index in [2.05, 4.69) is 31.2 Å².